The Bertz CT molecular complexity index is 1120. The average Bonchev–Trinajstić information content (AvgIpc) is 3.38. The Morgan fingerprint density at radius 2 is 2.10 bits per heavy atom. The molecule has 1 saturated heterocycles. The number of hydrogen-bond acceptors (Lipinski definition) is 6. The summed E-state index contributed by atoms with van der Waals surface area (Å²) < 4.78 is 9.99. The first-order chi connectivity index (χ1) is 15.0. The Morgan fingerprint density at radius 1 is 1.23 bits per heavy atom. The first-order valence-corrected chi connectivity index (χ1v) is 10.8. The Hall–Kier alpha value is -3.36. The third-order valence-electron chi connectivity index (χ3n) is 5.98. The van der Waals surface area contributed by atoms with E-state index < -0.39 is 12.0 Å². The minimum atomic E-state index is -0.773. The number of piperidine rings is 1. The van der Waals surface area contributed by atoms with Crippen LogP contribution in [0.5, 0.6) is 5.75 Å². The van der Waals surface area contributed by atoms with Gasteiger partial charge in [0, 0.05) is 30.5 Å². The molecule has 5 rings (SSSR count). The first kappa shape index (κ1) is 19.6. The molecule has 2 aliphatic rings. The molecule has 0 spiro atoms. The van der Waals surface area contributed by atoms with Gasteiger partial charge in [-0.25, -0.2) is 19.4 Å². The maximum absolute atomic E-state index is 11.7. The number of nitrogens with zero attached hydrogens (tertiary/aromatic N) is 6. The number of fused-ring (bicyclic) bond motifs is 3. The van der Waals surface area contributed by atoms with Gasteiger partial charge in [-0.05, 0) is 45.2 Å². The molecule has 1 N–H and O–H groups in total. The highest BCUT2D eigenvalue weighted by molar-refractivity contribution is 5.80. The zero-order valence-electron chi connectivity index (χ0n) is 17.7. The van der Waals surface area contributed by atoms with E-state index in [1.165, 1.54) is 0 Å². The molecule has 31 heavy (non-hydrogen) atoms. The van der Waals surface area contributed by atoms with Gasteiger partial charge in [-0.1, -0.05) is 0 Å². The number of carbonyl (C=O) groups is 1. The third kappa shape index (κ3) is 3.43. The lowest BCUT2D eigenvalue weighted by molar-refractivity contribution is -0.139. The highest BCUT2D eigenvalue weighted by atomic mass is 16.5. The number of benzene rings is 1. The maximum Gasteiger partial charge on any atom is 0.326 e. The summed E-state index contributed by atoms with van der Waals surface area (Å²) in [5, 5.41) is 14.0. The second kappa shape index (κ2) is 7.72. The smallest absolute Gasteiger partial charge is 0.326 e. The molecule has 0 bridgehead atoms. The summed E-state index contributed by atoms with van der Waals surface area (Å²) in [7, 11) is 0. The zero-order chi connectivity index (χ0) is 21.5. The van der Waals surface area contributed by atoms with Crippen molar-refractivity contribution in [2.45, 2.75) is 51.7 Å². The number of aliphatic carboxylic acids is 1. The molecule has 9 heteroatoms. The van der Waals surface area contributed by atoms with Gasteiger partial charge in [0.2, 0.25) is 0 Å². The van der Waals surface area contributed by atoms with E-state index in [0.717, 1.165) is 53.7 Å². The van der Waals surface area contributed by atoms with Crippen LogP contribution in [-0.2, 0) is 11.3 Å². The van der Waals surface area contributed by atoms with Crippen LogP contribution in [0.3, 0.4) is 0 Å². The number of aromatic nitrogens is 5. The predicted molar refractivity (Wildman–Crippen MR) is 115 cm³/mol. The minimum absolute atomic E-state index is 0.184. The topological polar surface area (TPSA) is 98.3 Å². The van der Waals surface area contributed by atoms with Crippen LogP contribution in [0.1, 0.15) is 39.2 Å². The van der Waals surface area contributed by atoms with Gasteiger partial charge in [0.1, 0.15) is 36.2 Å². The molecule has 0 amide bonds. The molecule has 1 atom stereocenters. The van der Waals surface area contributed by atoms with Crippen molar-refractivity contribution >= 4 is 11.7 Å². The van der Waals surface area contributed by atoms with Crippen molar-refractivity contribution < 1.29 is 14.6 Å². The van der Waals surface area contributed by atoms with Crippen LogP contribution in [0.4, 0.5) is 5.69 Å². The van der Waals surface area contributed by atoms with E-state index in [2.05, 4.69) is 28.5 Å². The third-order valence-corrected chi connectivity index (χ3v) is 5.98. The second-order valence-electron chi connectivity index (χ2n) is 8.34. The van der Waals surface area contributed by atoms with Gasteiger partial charge in [0.05, 0.1) is 12.1 Å². The van der Waals surface area contributed by atoms with Gasteiger partial charge in [-0.3, -0.25) is 0 Å². The molecule has 3 aromatic rings. The van der Waals surface area contributed by atoms with Gasteiger partial charge in [-0.2, -0.15) is 5.10 Å². The van der Waals surface area contributed by atoms with Crippen molar-refractivity contribution in [3.8, 4) is 28.7 Å². The van der Waals surface area contributed by atoms with Crippen molar-refractivity contribution in [2.75, 3.05) is 18.1 Å². The number of anilines is 1. The van der Waals surface area contributed by atoms with Crippen LogP contribution in [0.15, 0.2) is 30.7 Å². The number of carboxylic acid groups (broad SMARTS) is 1. The molecule has 2 aliphatic heterocycles. The normalized spacial score (nSPS) is 18.3. The number of rotatable bonds is 4. The number of carboxylic acids is 1. The summed E-state index contributed by atoms with van der Waals surface area (Å²) in [5.74, 6) is 1.52. The molecule has 2 aromatic heterocycles. The minimum Gasteiger partial charge on any atom is -0.491 e. The summed E-state index contributed by atoms with van der Waals surface area (Å²) in [6, 6.07) is 5.61. The molecule has 0 saturated carbocycles. The predicted octanol–water partition coefficient (Wildman–Crippen LogP) is 3.23. The van der Waals surface area contributed by atoms with Gasteiger partial charge in [-0.15, -0.1) is 0 Å². The highest BCUT2D eigenvalue weighted by Crippen LogP contribution is 2.37. The quantitative estimate of drug-likeness (QED) is 0.689. The van der Waals surface area contributed by atoms with Crippen LogP contribution in [0.25, 0.3) is 22.9 Å². The fourth-order valence-corrected chi connectivity index (χ4v) is 4.47. The molecule has 4 heterocycles. The second-order valence-corrected chi connectivity index (χ2v) is 8.34. The Morgan fingerprint density at radius 3 is 2.90 bits per heavy atom. The van der Waals surface area contributed by atoms with E-state index in [-0.39, 0.29) is 6.04 Å². The van der Waals surface area contributed by atoms with Crippen molar-refractivity contribution in [1.29, 1.82) is 0 Å². The molecule has 1 aromatic carbocycles. The van der Waals surface area contributed by atoms with Crippen molar-refractivity contribution in [1.82, 2.24) is 24.3 Å². The van der Waals surface area contributed by atoms with Crippen molar-refractivity contribution in [3.63, 3.8) is 0 Å². The standard InChI is InChI=1S/C22H26N6O3/c1-14(2)28-21(23-13-24-28)17-12-26-9-10-31-19-11-15(6-7-16(19)20(26)25-17)27-8-4-3-5-18(27)22(29)30/h6-7,11-14,18H,3-5,8-10H2,1-2H3,(H,29,30). The lowest BCUT2D eigenvalue weighted by Crippen LogP contribution is -2.44. The number of hydrogen-bond donors (Lipinski definition) is 1. The summed E-state index contributed by atoms with van der Waals surface area (Å²) in [6.45, 7) is 6.05. The summed E-state index contributed by atoms with van der Waals surface area (Å²) in [5.41, 5.74) is 2.55. The fourth-order valence-electron chi connectivity index (χ4n) is 4.47. The maximum atomic E-state index is 11.7. The molecule has 1 fully saturated rings. The van der Waals surface area contributed by atoms with Gasteiger partial charge in [0.15, 0.2) is 5.82 Å². The molecule has 0 radical (unpaired) electrons. The van der Waals surface area contributed by atoms with Crippen LogP contribution in [-0.4, -0.2) is 54.6 Å². The van der Waals surface area contributed by atoms with E-state index in [1.54, 1.807) is 6.33 Å². The van der Waals surface area contributed by atoms with Gasteiger partial charge < -0.3 is 19.3 Å². The lowest BCUT2D eigenvalue weighted by Gasteiger charge is -2.35. The van der Waals surface area contributed by atoms with Gasteiger partial charge >= 0.3 is 5.97 Å². The molecule has 0 aliphatic carbocycles. The van der Waals surface area contributed by atoms with Gasteiger partial charge in [0.25, 0.3) is 0 Å². The number of imidazole rings is 1. The summed E-state index contributed by atoms with van der Waals surface area (Å²) in [4.78, 5) is 23.0. The van der Waals surface area contributed by atoms with Crippen LogP contribution >= 0.6 is 0 Å². The zero-order valence-corrected chi connectivity index (χ0v) is 17.7. The van der Waals surface area contributed by atoms with E-state index in [4.69, 9.17) is 9.72 Å². The average molecular weight is 422 g/mol. The van der Waals surface area contributed by atoms with Crippen LogP contribution in [0.2, 0.25) is 0 Å². The Balaban J connectivity index is 1.53. The van der Waals surface area contributed by atoms with E-state index in [9.17, 15) is 9.90 Å². The number of ether oxygens (including phenoxy) is 1. The van der Waals surface area contributed by atoms with Crippen molar-refractivity contribution in [2.24, 2.45) is 0 Å². The molecule has 9 nitrogen and oxygen atoms in total. The lowest BCUT2D eigenvalue weighted by atomic mass is 10.0. The monoisotopic (exact) mass is 422 g/mol. The van der Waals surface area contributed by atoms with E-state index in [0.29, 0.717) is 19.6 Å². The summed E-state index contributed by atoms with van der Waals surface area (Å²) >= 11 is 0. The fraction of sp³-hybridized carbons (Fsp3) is 0.455. The van der Waals surface area contributed by atoms with Crippen LogP contribution in [0, 0.1) is 0 Å². The Labute approximate surface area is 180 Å². The largest absolute Gasteiger partial charge is 0.491 e. The molecular weight excluding hydrogens is 396 g/mol. The van der Waals surface area contributed by atoms with E-state index >= 15 is 0 Å². The molecular formula is C22H26N6O3. The molecule has 1 unspecified atom stereocenters. The highest BCUT2D eigenvalue weighted by Gasteiger charge is 2.30. The Kier molecular flexibility index (Phi) is 4.88. The van der Waals surface area contributed by atoms with E-state index in [1.807, 2.05) is 34.0 Å². The first-order valence-electron chi connectivity index (χ1n) is 10.8. The SMILES string of the molecule is CC(C)n1ncnc1-c1cn2c(n1)-c1ccc(N3CCCCC3C(=O)O)cc1OCC2. The van der Waals surface area contributed by atoms with Crippen LogP contribution < -0.4 is 9.64 Å². The molecule has 162 valence electrons. The summed E-state index contributed by atoms with van der Waals surface area (Å²) in [6.07, 6.45) is 6.15. The van der Waals surface area contributed by atoms with Crippen molar-refractivity contribution in [3.05, 3.63) is 30.7 Å².